The van der Waals surface area contributed by atoms with Gasteiger partial charge in [-0.15, -0.1) is 0 Å². The van der Waals surface area contributed by atoms with E-state index in [2.05, 4.69) is 10.2 Å². The molecule has 0 aliphatic rings. The van der Waals surface area contributed by atoms with E-state index in [4.69, 9.17) is 0 Å². The van der Waals surface area contributed by atoms with E-state index in [1.165, 1.54) is 0 Å². The van der Waals surface area contributed by atoms with Gasteiger partial charge in [-0.3, -0.25) is 0 Å². The number of hydrogen-bond acceptors (Lipinski definition) is 3. The molecular weight excluding hydrogens is 244 g/mol. The molecule has 2 aromatic carbocycles. The van der Waals surface area contributed by atoms with Crippen molar-refractivity contribution in [2.75, 3.05) is 0 Å². The lowest BCUT2D eigenvalue weighted by Gasteiger charge is -2.04. The van der Waals surface area contributed by atoms with E-state index in [0.29, 0.717) is 4.90 Å². The molecule has 4 heteroatoms. The van der Waals surface area contributed by atoms with E-state index >= 15 is 0 Å². The first-order chi connectivity index (χ1) is 8.86. The standard InChI is InChI=1S/C14H10N2OS/c17-18(11-6-2-1-3-7-11)14-10-15-16-13-9-5-4-8-12(13)14/h1-10H. The zero-order chi connectivity index (χ0) is 12.4. The molecule has 0 amide bonds. The summed E-state index contributed by atoms with van der Waals surface area (Å²) in [5.41, 5.74) is 0.763. The first-order valence-electron chi connectivity index (χ1n) is 5.53. The largest absolute Gasteiger partial charge is 0.249 e. The van der Waals surface area contributed by atoms with Gasteiger partial charge in [0.25, 0.3) is 0 Å². The summed E-state index contributed by atoms with van der Waals surface area (Å²) in [5.74, 6) is 0. The van der Waals surface area contributed by atoms with Crippen LogP contribution in [0.3, 0.4) is 0 Å². The Labute approximate surface area is 107 Å². The summed E-state index contributed by atoms with van der Waals surface area (Å²) in [5, 5.41) is 8.83. The molecule has 0 saturated carbocycles. The molecule has 1 aromatic heterocycles. The van der Waals surface area contributed by atoms with Crippen molar-refractivity contribution >= 4 is 21.7 Å². The van der Waals surface area contributed by atoms with Gasteiger partial charge < -0.3 is 0 Å². The second-order valence-corrected chi connectivity index (χ2v) is 5.26. The van der Waals surface area contributed by atoms with E-state index in [9.17, 15) is 4.21 Å². The van der Waals surface area contributed by atoms with Crippen molar-refractivity contribution < 1.29 is 4.21 Å². The highest BCUT2D eigenvalue weighted by atomic mass is 32.2. The highest BCUT2D eigenvalue weighted by molar-refractivity contribution is 7.85. The molecule has 0 N–H and O–H groups in total. The van der Waals surface area contributed by atoms with Crippen molar-refractivity contribution in [1.82, 2.24) is 10.2 Å². The topological polar surface area (TPSA) is 42.9 Å². The number of hydrogen-bond donors (Lipinski definition) is 0. The quantitative estimate of drug-likeness (QED) is 0.706. The molecule has 0 bridgehead atoms. The molecular formula is C14H10N2OS. The van der Waals surface area contributed by atoms with Crippen LogP contribution in [-0.2, 0) is 10.8 Å². The van der Waals surface area contributed by atoms with E-state index < -0.39 is 10.8 Å². The lowest BCUT2D eigenvalue weighted by atomic mass is 10.2. The Morgan fingerprint density at radius 1 is 0.889 bits per heavy atom. The van der Waals surface area contributed by atoms with Gasteiger partial charge in [-0.05, 0) is 18.2 Å². The lowest BCUT2D eigenvalue weighted by molar-refractivity contribution is 0.683. The molecule has 0 spiro atoms. The van der Waals surface area contributed by atoms with Gasteiger partial charge in [-0.25, -0.2) is 4.21 Å². The molecule has 1 atom stereocenters. The van der Waals surface area contributed by atoms with Gasteiger partial charge in [-0.2, -0.15) is 10.2 Å². The van der Waals surface area contributed by atoms with Crippen LogP contribution in [0, 0.1) is 0 Å². The van der Waals surface area contributed by atoms with E-state index in [1.807, 2.05) is 54.6 Å². The van der Waals surface area contributed by atoms with Gasteiger partial charge in [-0.1, -0.05) is 36.4 Å². The number of rotatable bonds is 2. The summed E-state index contributed by atoms with van der Waals surface area (Å²) in [7, 11) is -1.22. The number of nitrogens with zero attached hydrogens (tertiary/aromatic N) is 2. The minimum Gasteiger partial charge on any atom is -0.249 e. The van der Waals surface area contributed by atoms with Crippen LogP contribution in [-0.4, -0.2) is 14.4 Å². The van der Waals surface area contributed by atoms with Crippen molar-refractivity contribution in [3.05, 3.63) is 60.8 Å². The van der Waals surface area contributed by atoms with E-state index in [-0.39, 0.29) is 0 Å². The van der Waals surface area contributed by atoms with Crippen LogP contribution >= 0.6 is 0 Å². The summed E-state index contributed by atoms with van der Waals surface area (Å²) in [4.78, 5) is 1.47. The predicted octanol–water partition coefficient (Wildman–Crippen LogP) is 2.80. The highest BCUT2D eigenvalue weighted by Gasteiger charge is 2.11. The van der Waals surface area contributed by atoms with Crippen molar-refractivity contribution in [3.63, 3.8) is 0 Å². The maximum absolute atomic E-state index is 12.5. The Kier molecular flexibility index (Phi) is 2.86. The minimum atomic E-state index is -1.22. The smallest absolute Gasteiger partial charge is 0.0941 e. The molecule has 0 fully saturated rings. The van der Waals surface area contributed by atoms with Crippen molar-refractivity contribution in [3.8, 4) is 0 Å². The van der Waals surface area contributed by atoms with E-state index in [0.717, 1.165) is 15.8 Å². The van der Waals surface area contributed by atoms with Gasteiger partial charge in [0.1, 0.15) is 0 Å². The predicted molar refractivity (Wildman–Crippen MR) is 70.7 cm³/mol. The van der Waals surface area contributed by atoms with Gasteiger partial charge >= 0.3 is 0 Å². The molecule has 1 heterocycles. The van der Waals surface area contributed by atoms with Gasteiger partial charge in [0.15, 0.2) is 0 Å². The van der Waals surface area contributed by atoms with Crippen LogP contribution in [0.1, 0.15) is 0 Å². The van der Waals surface area contributed by atoms with Crippen LogP contribution in [0.5, 0.6) is 0 Å². The fourth-order valence-electron chi connectivity index (χ4n) is 1.80. The Hall–Kier alpha value is -2.07. The van der Waals surface area contributed by atoms with Crippen LogP contribution in [0.4, 0.5) is 0 Å². The highest BCUT2D eigenvalue weighted by Crippen LogP contribution is 2.22. The molecule has 3 rings (SSSR count). The average molecular weight is 254 g/mol. The molecule has 88 valence electrons. The van der Waals surface area contributed by atoms with Crippen molar-refractivity contribution in [1.29, 1.82) is 0 Å². The molecule has 0 aliphatic carbocycles. The molecule has 0 aliphatic heterocycles. The van der Waals surface area contributed by atoms with Crippen molar-refractivity contribution in [2.24, 2.45) is 0 Å². The monoisotopic (exact) mass is 254 g/mol. The Bertz CT molecular complexity index is 708. The third-order valence-corrected chi connectivity index (χ3v) is 4.09. The third-order valence-electron chi connectivity index (χ3n) is 2.67. The number of aromatic nitrogens is 2. The Morgan fingerprint density at radius 2 is 1.61 bits per heavy atom. The van der Waals surface area contributed by atoms with Gasteiger partial charge in [0, 0.05) is 10.3 Å². The van der Waals surface area contributed by atoms with Crippen LogP contribution in [0.15, 0.2) is 70.6 Å². The molecule has 1 unspecified atom stereocenters. The van der Waals surface area contributed by atoms with Gasteiger partial charge in [0.05, 0.1) is 27.4 Å². The Balaban J connectivity index is 2.18. The lowest BCUT2D eigenvalue weighted by Crippen LogP contribution is -1.96. The third kappa shape index (κ3) is 1.91. The fourth-order valence-corrected chi connectivity index (χ4v) is 2.97. The van der Waals surface area contributed by atoms with E-state index in [1.54, 1.807) is 6.20 Å². The second-order valence-electron chi connectivity index (χ2n) is 3.81. The summed E-state index contributed by atoms with van der Waals surface area (Å²) >= 11 is 0. The van der Waals surface area contributed by atoms with Gasteiger partial charge in [0.2, 0.25) is 0 Å². The molecule has 3 nitrogen and oxygen atoms in total. The fraction of sp³-hybridized carbons (Fsp3) is 0. The number of fused-ring (bicyclic) bond motifs is 1. The Morgan fingerprint density at radius 3 is 2.44 bits per heavy atom. The maximum Gasteiger partial charge on any atom is 0.0941 e. The van der Waals surface area contributed by atoms with Crippen LogP contribution < -0.4 is 0 Å². The zero-order valence-electron chi connectivity index (χ0n) is 9.48. The number of benzene rings is 2. The normalized spacial score (nSPS) is 12.4. The van der Waals surface area contributed by atoms with Crippen LogP contribution in [0.2, 0.25) is 0 Å². The molecule has 0 saturated heterocycles. The van der Waals surface area contributed by atoms with Crippen molar-refractivity contribution in [2.45, 2.75) is 9.79 Å². The minimum absolute atomic E-state index is 0.701. The summed E-state index contributed by atoms with van der Waals surface area (Å²) in [6, 6.07) is 17.0. The molecule has 18 heavy (non-hydrogen) atoms. The SMILES string of the molecule is O=S(c1ccccc1)c1cnnc2ccccc12. The first-order valence-corrected chi connectivity index (χ1v) is 6.68. The summed E-state index contributed by atoms with van der Waals surface area (Å²) < 4.78 is 12.5. The summed E-state index contributed by atoms with van der Waals surface area (Å²) in [6.45, 7) is 0. The molecule has 3 aromatic rings. The first kappa shape index (κ1) is 11.0. The van der Waals surface area contributed by atoms with Crippen LogP contribution in [0.25, 0.3) is 10.9 Å². The average Bonchev–Trinajstić information content (AvgIpc) is 2.47. The maximum atomic E-state index is 12.5. The second kappa shape index (κ2) is 4.66. The zero-order valence-corrected chi connectivity index (χ0v) is 10.3. The summed E-state index contributed by atoms with van der Waals surface area (Å²) in [6.07, 6.45) is 1.57. The molecule has 0 radical (unpaired) electrons.